The number of carbonyl (C=O) groups excluding carboxylic acids is 1. The van der Waals surface area contributed by atoms with Gasteiger partial charge in [0.05, 0.1) is 13.5 Å². The van der Waals surface area contributed by atoms with E-state index < -0.39 is 0 Å². The van der Waals surface area contributed by atoms with Crippen molar-refractivity contribution in [2.24, 2.45) is 0 Å². The summed E-state index contributed by atoms with van der Waals surface area (Å²) in [6, 6.07) is 13.5. The maximum atomic E-state index is 12.1. The van der Waals surface area contributed by atoms with Gasteiger partial charge >= 0.3 is 0 Å². The summed E-state index contributed by atoms with van der Waals surface area (Å²) in [6.07, 6.45) is 0.387. The average molecular weight is 269 g/mol. The van der Waals surface area contributed by atoms with Gasteiger partial charge < -0.3 is 10.1 Å². The molecule has 0 aliphatic carbocycles. The Hall–Kier alpha value is -2.29. The first kappa shape index (κ1) is 14.1. The predicted octanol–water partition coefficient (Wildman–Crippen LogP) is 3.49. The molecule has 0 radical (unpaired) electrons. The Morgan fingerprint density at radius 3 is 2.50 bits per heavy atom. The Morgan fingerprint density at radius 2 is 1.85 bits per heavy atom. The Morgan fingerprint density at radius 1 is 1.10 bits per heavy atom. The van der Waals surface area contributed by atoms with Crippen molar-refractivity contribution < 1.29 is 9.53 Å². The van der Waals surface area contributed by atoms with Gasteiger partial charge in [0, 0.05) is 5.69 Å². The second-order valence-electron chi connectivity index (χ2n) is 4.83. The van der Waals surface area contributed by atoms with Crippen LogP contribution < -0.4 is 10.1 Å². The summed E-state index contributed by atoms with van der Waals surface area (Å²) < 4.78 is 5.15. The van der Waals surface area contributed by atoms with Crippen LogP contribution in [0.25, 0.3) is 0 Å². The molecule has 3 heteroatoms. The van der Waals surface area contributed by atoms with Crippen molar-refractivity contribution in [3.63, 3.8) is 0 Å². The van der Waals surface area contributed by atoms with Crippen molar-refractivity contribution in [2.75, 3.05) is 12.4 Å². The van der Waals surface area contributed by atoms with E-state index in [0.717, 1.165) is 28.1 Å². The second-order valence-corrected chi connectivity index (χ2v) is 4.83. The lowest BCUT2D eigenvalue weighted by molar-refractivity contribution is -0.115. The summed E-state index contributed by atoms with van der Waals surface area (Å²) in [5.41, 5.74) is 4.00. The molecule has 0 saturated carbocycles. The zero-order chi connectivity index (χ0) is 14.5. The molecule has 2 aromatic rings. The SMILES string of the molecule is COc1ccc(NC(=O)Cc2ccccc2C)c(C)c1. The van der Waals surface area contributed by atoms with Crippen LogP contribution in [0.1, 0.15) is 16.7 Å². The standard InChI is InChI=1S/C17H19NO2/c1-12-6-4-5-7-14(12)11-17(19)18-16-9-8-15(20-3)10-13(16)2/h4-10H,11H2,1-3H3,(H,18,19). The van der Waals surface area contributed by atoms with Gasteiger partial charge in [-0.3, -0.25) is 4.79 Å². The van der Waals surface area contributed by atoms with E-state index in [0.29, 0.717) is 6.42 Å². The van der Waals surface area contributed by atoms with Crippen LogP contribution in [0.4, 0.5) is 5.69 Å². The van der Waals surface area contributed by atoms with Crippen LogP contribution >= 0.6 is 0 Å². The third-order valence-electron chi connectivity index (χ3n) is 3.32. The molecule has 0 aliphatic heterocycles. The molecule has 2 aromatic carbocycles. The van der Waals surface area contributed by atoms with Crippen molar-refractivity contribution >= 4 is 11.6 Å². The van der Waals surface area contributed by atoms with Gasteiger partial charge in [-0.2, -0.15) is 0 Å². The van der Waals surface area contributed by atoms with Crippen molar-refractivity contribution in [1.82, 2.24) is 0 Å². The molecule has 0 aromatic heterocycles. The number of benzene rings is 2. The molecule has 0 fully saturated rings. The number of ether oxygens (including phenoxy) is 1. The fourth-order valence-electron chi connectivity index (χ4n) is 2.08. The summed E-state index contributed by atoms with van der Waals surface area (Å²) in [5.74, 6) is 0.784. The number of aryl methyl sites for hydroxylation is 2. The molecule has 0 aliphatic rings. The van der Waals surface area contributed by atoms with Gasteiger partial charge in [-0.05, 0) is 48.7 Å². The molecule has 0 atom stereocenters. The fraction of sp³-hybridized carbons (Fsp3) is 0.235. The number of amides is 1. The van der Waals surface area contributed by atoms with Crippen LogP contribution in [0.2, 0.25) is 0 Å². The highest BCUT2D eigenvalue weighted by atomic mass is 16.5. The molecule has 3 nitrogen and oxygen atoms in total. The molecular formula is C17H19NO2. The lowest BCUT2D eigenvalue weighted by Crippen LogP contribution is -2.15. The van der Waals surface area contributed by atoms with Gasteiger partial charge in [0.25, 0.3) is 0 Å². The van der Waals surface area contributed by atoms with E-state index >= 15 is 0 Å². The number of anilines is 1. The Balaban J connectivity index is 2.07. The zero-order valence-electron chi connectivity index (χ0n) is 12.1. The summed E-state index contributed by atoms with van der Waals surface area (Å²) in [4.78, 5) is 12.1. The summed E-state index contributed by atoms with van der Waals surface area (Å²) in [5, 5.41) is 2.94. The van der Waals surface area contributed by atoms with Gasteiger partial charge in [0.1, 0.15) is 5.75 Å². The molecular weight excluding hydrogens is 250 g/mol. The van der Waals surface area contributed by atoms with Gasteiger partial charge in [-0.1, -0.05) is 24.3 Å². The lowest BCUT2D eigenvalue weighted by Gasteiger charge is -2.10. The van der Waals surface area contributed by atoms with Crippen LogP contribution in [0.3, 0.4) is 0 Å². The van der Waals surface area contributed by atoms with E-state index in [1.165, 1.54) is 0 Å². The van der Waals surface area contributed by atoms with E-state index in [2.05, 4.69) is 5.32 Å². The minimum absolute atomic E-state index is 0.00688. The van der Waals surface area contributed by atoms with Crippen molar-refractivity contribution in [1.29, 1.82) is 0 Å². The first-order valence-electron chi connectivity index (χ1n) is 6.59. The number of rotatable bonds is 4. The van der Waals surface area contributed by atoms with Crippen LogP contribution in [-0.4, -0.2) is 13.0 Å². The van der Waals surface area contributed by atoms with Crippen LogP contribution in [0.5, 0.6) is 5.75 Å². The molecule has 104 valence electrons. The summed E-state index contributed by atoms with van der Waals surface area (Å²) >= 11 is 0. The van der Waals surface area contributed by atoms with Crippen LogP contribution in [0, 0.1) is 13.8 Å². The van der Waals surface area contributed by atoms with Gasteiger partial charge in [-0.25, -0.2) is 0 Å². The second kappa shape index (κ2) is 6.24. The molecule has 1 N–H and O–H groups in total. The minimum atomic E-state index is -0.00688. The van der Waals surface area contributed by atoms with Crippen LogP contribution in [-0.2, 0) is 11.2 Å². The molecule has 0 heterocycles. The molecule has 20 heavy (non-hydrogen) atoms. The number of nitrogens with one attached hydrogen (secondary N) is 1. The van der Waals surface area contributed by atoms with E-state index in [1.54, 1.807) is 7.11 Å². The highest BCUT2D eigenvalue weighted by molar-refractivity contribution is 5.93. The van der Waals surface area contributed by atoms with E-state index in [1.807, 2.05) is 56.3 Å². The number of hydrogen-bond donors (Lipinski definition) is 1. The molecule has 0 bridgehead atoms. The zero-order valence-corrected chi connectivity index (χ0v) is 12.1. The number of hydrogen-bond acceptors (Lipinski definition) is 2. The Labute approximate surface area is 119 Å². The Kier molecular flexibility index (Phi) is 4.41. The molecule has 2 rings (SSSR count). The fourth-order valence-corrected chi connectivity index (χ4v) is 2.08. The smallest absolute Gasteiger partial charge is 0.228 e. The summed E-state index contributed by atoms with van der Waals surface area (Å²) in [7, 11) is 1.63. The third kappa shape index (κ3) is 3.38. The highest BCUT2D eigenvalue weighted by Gasteiger charge is 2.08. The summed E-state index contributed by atoms with van der Waals surface area (Å²) in [6.45, 7) is 3.97. The quantitative estimate of drug-likeness (QED) is 0.922. The van der Waals surface area contributed by atoms with E-state index in [9.17, 15) is 4.79 Å². The molecule has 0 spiro atoms. The van der Waals surface area contributed by atoms with Gasteiger partial charge in [0.15, 0.2) is 0 Å². The molecule has 0 saturated heterocycles. The first-order chi connectivity index (χ1) is 9.60. The minimum Gasteiger partial charge on any atom is -0.497 e. The largest absolute Gasteiger partial charge is 0.497 e. The molecule has 0 unspecified atom stereocenters. The first-order valence-corrected chi connectivity index (χ1v) is 6.59. The number of methoxy groups -OCH3 is 1. The highest BCUT2D eigenvalue weighted by Crippen LogP contribution is 2.21. The maximum Gasteiger partial charge on any atom is 0.228 e. The molecule has 1 amide bonds. The Bertz CT molecular complexity index is 620. The van der Waals surface area contributed by atoms with Gasteiger partial charge in [0.2, 0.25) is 5.91 Å². The van der Waals surface area contributed by atoms with E-state index in [4.69, 9.17) is 4.74 Å². The maximum absolute atomic E-state index is 12.1. The monoisotopic (exact) mass is 269 g/mol. The van der Waals surface area contributed by atoms with E-state index in [-0.39, 0.29) is 5.91 Å². The van der Waals surface area contributed by atoms with Crippen molar-refractivity contribution in [3.05, 3.63) is 59.2 Å². The third-order valence-corrected chi connectivity index (χ3v) is 3.32. The van der Waals surface area contributed by atoms with Gasteiger partial charge in [-0.15, -0.1) is 0 Å². The lowest BCUT2D eigenvalue weighted by atomic mass is 10.1. The van der Waals surface area contributed by atoms with Crippen molar-refractivity contribution in [3.8, 4) is 5.75 Å². The van der Waals surface area contributed by atoms with Crippen LogP contribution in [0.15, 0.2) is 42.5 Å². The predicted molar refractivity (Wildman–Crippen MR) is 81.2 cm³/mol. The number of carbonyl (C=O) groups is 1. The average Bonchev–Trinajstić information content (AvgIpc) is 2.43. The normalized spacial score (nSPS) is 10.2. The van der Waals surface area contributed by atoms with Crippen molar-refractivity contribution in [2.45, 2.75) is 20.3 Å². The topological polar surface area (TPSA) is 38.3 Å².